The van der Waals surface area contributed by atoms with Crippen LogP contribution in [0.2, 0.25) is 0 Å². The number of carboxylic acid groups (broad SMARTS) is 1. The molecule has 0 aliphatic carbocycles. The van der Waals surface area contributed by atoms with E-state index in [9.17, 15) is 9.90 Å². The first-order valence-corrected chi connectivity index (χ1v) is 7.19. The molecule has 2 heterocycles. The molecule has 0 aliphatic heterocycles. The Kier molecular flexibility index (Phi) is 3.35. The summed E-state index contributed by atoms with van der Waals surface area (Å²) in [6, 6.07) is 11.2. The second-order valence-corrected chi connectivity index (χ2v) is 5.64. The molecule has 5 heteroatoms. The van der Waals surface area contributed by atoms with Crippen LogP contribution in [0.15, 0.2) is 36.4 Å². The molecular weight excluding hydrogens is 286 g/mol. The van der Waals surface area contributed by atoms with Gasteiger partial charge >= 0.3 is 5.97 Å². The quantitative estimate of drug-likeness (QED) is 0.794. The summed E-state index contributed by atoms with van der Waals surface area (Å²) in [6.45, 7) is 1.90. The van der Waals surface area contributed by atoms with E-state index in [-0.39, 0.29) is 0 Å². The standard InChI is InChI=1S/C16H13NO3S/c1-9-3-8-12-13(10-4-6-11(20-2)7-5-10)14(16(18)19)21-15(12)17-9/h3-8H,1-2H3,(H,18,19). The molecule has 0 spiro atoms. The van der Waals surface area contributed by atoms with Crippen LogP contribution in [0.5, 0.6) is 5.75 Å². The monoisotopic (exact) mass is 299 g/mol. The van der Waals surface area contributed by atoms with Crippen LogP contribution in [-0.2, 0) is 0 Å². The van der Waals surface area contributed by atoms with Gasteiger partial charge in [-0.05, 0) is 36.8 Å². The molecule has 4 nitrogen and oxygen atoms in total. The molecule has 1 N–H and O–H groups in total. The van der Waals surface area contributed by atoms with Gasteiger partial charge in [0.1, 0.15) is 15.5 Å². The third-order valence-electron chi connectivity index (χ3n) is 3.27. The van der Waals surface area contributed by atoms with E-state index in [1.54, 1.807) is 7.11 Å². The fraction of sp³-hybridized carbons (Fsp3) is 0.125. The van der Waals surface area contributed by atoms with Crippen molar-refractivity contribution in [1.82, 2.24) is 4.98 Å². The van der Waals surface area contributed by atoms with Crippen molar-refractivity contribution in [2.24, 2.45) is 0 Å². The lowest BCUT2D eigenvalue weighted by molar-refractivity contribution is 0.0703. The van der Waals surface area contributed by atoms with Crippen molar-refractivity contribution in [2.75, 3.05) is 7.11 Å². The van der Waals surface area contributed by atoms with E-state index in [1.165, 1.54) is 11.3 Å². The van der Waals surface area contributed by atoms with E-state index < -0.39 is 5.97 Å². The van der Waals surface area contributed by atoms with Gasteiger partial charge in [0.05, 0.1) is 7.11 Å². The Morgan fingerprint density at radius 2 is 1.90 bits per heavy atom. The molecule has 0 unspecified atom stereocenters. The summed E-state index contributed by atoms with van der Waals surface area (Å²) in [7, 11) is 1.60. The zero-order chi connectivity index (χ0) is 15.0. The van der Waals surface area contributed by atoms with E-state index in [4.69, 9.17) is 4.74 Å². The number of hydrogen-bond donors (Lipinski definition) is 1. The fourth-order valence-electron chi connectivity index (χ4n) is 2.27. The molecule has 2 aromatic heterocycles. The van der Waals surface area contributed by atoms with Crippen molar-refractivity contribution < 1.29 is 14.6 Å². The van der Waals surface area contributed by atoms with Gasteiger partial charge in [-0.1, -0.05) is 12.1 Å². The Bertz CT molecular complexity index is 821. The van der Waals surface area contributed by atoms with Crippen LogP contribution in [-0.4, -0.2) is 23.2 Å². The predicted molar refractivity (Wildman–Crippen MR) is 83.3 cm³/mol. The Balaban J connectivity index is 2.27. The molecule has 0 amide bonds. The number of aromatic carboxylic acids is 1. The van der Waals surface area contributed by atoms with Crippen LogP contribution < -0.4 is 4.74 Å². The molecule has 1 aromatic carbocycles. The van der Waals surface area contributed by atoms with E-state index in [0.29, 0.717) is 4.88 Å². The van der Waals surface area contributed by atoms with Crippen molar-refractivity contribution in [3.8, 4) is 16.9 Å². The molecule has 3 rings (SSSR count). The van der Waals surface area contributed by atoms with Gasteiger partial charge in [-0.2, -0.15) is 0 Å². The van der Waals surface area contributed by atoms with Gasteiger partial charge in [-0.3, -0.25) is 0 Å². The summed E-state index contributed by atoms with van der Waals surface area (Å²) in [6.07, 6.45) is 0. The smallest absolute Gasteiger partial charge is 0.346 e. The summed E-state index contributed by atoms with van der Waals surface area (Å²) < 4.78 is 5.14. The summed E-state index contributed by atoms with van der Waals surface area (Å²) in [5.41, 5.74) is 2.45. The van der Waals surface area contributed by atoms with Gasteiger partial charge in [0.2, 0.25) is 0 Å². The van der Waals surface area contributed by atoms with Gasteiger partial charge in [0.15, 0.2) is 0 Å². The molecule has 0 fully saturated rings. The first-order valence-electron chi connectivity index (χ1n) is 6.38. The number of thiophene rings is 1. The highest BCUT2D eigenvalue weighted by atomic mass is 32.1. The zero-order valence-corrected chi connectivity index (χ0v) is 12.4. The van der Waals surface area contributed by atoms with E-state index in [0.717, 1.165) is 32.8 Å². The second-order valence-electron chi connectivity index (χ2n) is 4.65. The lowest BCUT2D eigenvalue weighted by atomic mass is 10.0. The maximum absolute atomic E-state index is 11.5. The Morgan fingerprint density at radius 3 is 2.52 bits per heavy atom. The molecule has 3 aromatic rings. The predicted octanol–water partition coefficient (Wildman–Crippen LogP) is 3.98. The summed E-state index contributed by atoms with van der Waals surface area (Å²) in [5.74, 6) is -0.189. The van der Waals surface area contributed by atoms with Crippen molar-refractivity contribution in [2.45, 2.75) is 6.92 Å². The number of fused-ring (bicyclic) bond motifs is 1. The minimum Gasteiger partial charge on any atom is -0.497 e. The third-order valence-corrected chi connectivity index (χ3v) is 4.35. The molecule has 0 aliphatic rings. The van der Waals surface area contributed by atoms with Crippen LogP contribution >= 0.6 is 11.3 Å². The summed E-state index contributed by atoms with van der Waals surface area (Å²) in [4.78, 5) is 17.0. The normalized spacial score (nSPS) is 10.8. The number of carboxylic acids is 1. The number of nitrogens with zero attached hydrogens (tertiary/aromatic N) is 1. The topological polar surface area (TPSA) is 59.4 Å². The van der Waals surface area contributed by atoms with Gasteiger partial charge in [-0.25, -0.2) is 9.78 Å². The van der Waals surface area contributed by atoms with Crippen LogP contribution in [0.25, 0.3) is 21.3 Å². The minimum atomic E-state index is -0.929. The molecule has 0 radical (unpaired) electrons. The average Bonchev–Trinajstić information content (AvgIpc) is 2.86. The van der Waals surface area contributed by atoms with Crippen LogP contribution in [0, 0.1) is 6.92 Å². The van der Waals surface area contributed by atoms with Gasteiger partial charge in [0.25, 0.3) is 0 Å². The summed E-state index contributed by atoms with van der Waals surface area (Å²) >= 11 is 1.21. The number of rotatable bonds is 3. The number of ether oxygens (including phenoxy) is 1. The number of hydrogen-bond acceptors (Lipinski definition) is 4. The molecule has 106 valence electrons. The lowest BCUT2D eigenvalue weighted by Gasteiger charge is -2.04. The van der Waals surface area contributed by atoms with Crippen molar-refractivity contribution >= 4 is 27.5 Å². The van der Waals surface area contributed by atoms with Gasteiger partial charge in [-0.15, -0.1) is 11.3 Å². The Hall–Kier alpha value is -2.40. The number of methoxy groups -OCH3 is 1. The van der Waals surface area contributed by atoms with Crippen LogP contribution in [0.1, 0.15) is 15.4 Å². The fourth-order valence-corrected chi connectivity index (χ4v) is 3.35. The van der Waals surface area contributed by atoms with E-state index in [1.807, 2.05) is 43.3 Å². The van der Waals surface area contributed by atoms with Crippen LogP contribution in [0.4, 0.5) is 0 Å². The van der Waals surface area contributed by atoms with Crippen LogP contribution in [0.3, 0.4) is 0 Å². The molecular formula is C16H13NO3S. The highest BCUT2D eigenvalue weighted by Crippen LogP contribution is 2.38. The SMILES string of the molecule is COc1ccc(-c2c(C(=O)O)sc3nc(C)ccc23)cc1. The zero-order valence-electron chi connectivity index (χ0n) is 11.6. The van der Waals surface area contributed by atoms with Gasteiger partial charge in [0, 0.05) is 16.6 Å². The maximum Gasteiger partial charge on any atom is 0.346 e. The number of aromatic nitrogens is 1. The number of aryl methyl sites for hydroxylation is 1. The van der Waals surface area contributed by atoms with E-state index in [2.05, 4.69) is 4.98 Å². The number of benzene rings is 1. The minimum absolute atomic E-state index is 0.313. The molecule has 0 bridgehead atoms. The molecule has 21 heavy (non-hydrogen) atoms. The number of pyridine rings is 1. The lowest BCUT2D eigenvalue weighted by Crippen LogP contribution is -1.94. The van der Waals surface area contributed by atoms with E-state index >= 15 is 0 Å². The maximum atomic E-state index is 11.5. The van der Waals surface area contributed by atoms with Crippen molar-refractivity contribution in [1.29, 1.82) is 0 Å². The van der Waals surface area contributed by atoms with Crippen molar-refractivity contribution in [3.63, 3.8) is 0 Å². The highest BCUT2D eigenvalue weighted by Gasteiger charge is 2.20. The third kappa shape index (κ3) is 2.36. The molecule has 0 saturated heterocycles. The largest absolute Gasteiger partial charge is 0.497 e. The first kappa shape index (κ1) is 13.6. The average molecular weight is 299 g/mol. The molecule has 0 saturated carbocycles. The summed E-state index contributed by atoms with van der Waals surface area (Å²) in [5, 5.41) is 10.3. The first-order chi connectivity index (χ1) is 10.1. The van der Waals surface area contributed by atoms with Crippen molar-refractivity contribution in [3.05, 3.63) is 47.0 Å². The second kappa shape index (κ2) is 5.18. The van der Waals surface area contributed by atoms with Gasteiger partial charge < -0.3 is 9.84 Å². The molecule has 0 atom stereocenters. The Labute approximate surface area is 125 Å². The number of carbonyl (C=O) groups is 1. The highest BCUT2D eigenvalue weighted by molar-refractivity contribution is 7.21. The Morgan fingerprint density at radius 1 is 1.19 bits per heavy atom.